The molecule has 4 rings (SSSR count). The van der Waals surface area contributed by atoms with E-state index in [1.807, 2.05) is 13.0 Å². The molecular weight excluding hydrogens is 440 g/mol. The van der Waals surface area contributed by atoms with Gasteiger partial charge in [0.15, 0.2) is 0 Å². The summed E-state index contributed by atoms with van der Waals surface area (Å²) in [5.74, 6) is -0.596. The number of nitrogens with one attached hydrogen (secondary N) is 1. The van der Waals surface area contributed by atoms with Crippen molar-refractivity contribution in [1.82, 2.24) is 14.8 Å². The van der Waals surface area contributed by atoms with Gasteiger partial charge in [-0.1, -0.05) is 29.8 Å². The molecule has 3 aromatic rings. The molecule has 33 heavy (non-hydrogen) atoms. The molecule has 3 amide bonds. The van der Waals surface area contributed by atoms with E-state index in [1.165, 1.54) is 0 Å². The Hall–Kier alpha value is -3.71. The number of para-hydroxylation sites is 1. The summed E-state index contributed by atoms with van der Waals surface area (Å²) in [4.78, 5) is 46.1. The quantitative estimate of drug-likeness (QED) is 0.637. The van der Waals surface area contributed by atoms with Crippen molar-refractivity contribution < 1.29 is 14.4 Å². The lowest BCUT2D eigenvalue weighted by Gasteiger charge is -2.35. The zero-order chi connectivity index (χ0) is 23.4. The molecule has 8 heteroatoms. The van der Waals surface area contributed by atoms with Gasteiger partial charge >= 0.3 is 0 Å². The summed E-state index contributed by atoms with van der Waals surface area (Å²) in [5.41, 5.74) is 2.69. The van der Waals surface area contributed by atoms with Crippen molar-refractivity contribution in [3.8, 4) is 0 Å². The van der Waals surface area contributed by atoms with Crippen LogP contribution >= 0.6 is 11.6 Å². The van der Waals surface area contributed by atoms with Crippen LogP contribution in [0, 0.1) is 6.92 Å². The second kappa shape index (κ2) is 9.83. The number of anilines is 1. The van der Waals surface area contributed by atoms with Gasteiger partial charge in [0.05, 0.1) is 11.3 Å². The summed E-state index contributed by atoms with van der Waals surface area (Å²) in [6.07, 6.45) is 3.09. The third kappa shape index (κ3) is 5.04. The lowest BCUT2D eigenvalue weighted by Crippen LogP contribution is -2.50. The molecule has 0 aliphatic carbocycles. The van der Waals surface area contributed by atoms with Gasteiger partial charge in [0, 0.05) is 54.7 Å². The molecule has 7 nitrogen and oxygen atoms in total. The summed E-state index contributed by atoms with van der Waals surface area (Å²) >= 11 is 6.01. The largest absolute Gasteiger partial charge is 0.335 e. The van der Waals surface area contributed by atoms with Crippen LogP contribution in [0.15, 0.2) is 67.0 Å². The first-order valence-electron chi connectivity index (χ1n) is 10.6. The van der Waals surface area contributed by atoms with E-state index >= 15 is 0 Å². The molecule has 1 fully saturated rings. The van der Waals surface area contributed by atoms with Gasteiger partial charge in [-0.15, -0.1) is 0 Å². The van der Waals surface area contributed by atoms with E-state index in [1.54, 1.807) is 70.7 Å². The average molecular weight is 463 g/mol. The van der Waals surface area contributed by atoms with Crippen LogP contribution in [-0.4, -0.2) is 58.7 Å². The maximum absolute atomic E-state index is 13.3. The molecule has 1 N–H and O–H groups in total. The maximum Gasteiger partial charge on any atom is 0.256 e. The van der Waals surface area contributed by atoms with Crippen LogP contribution in [0.2, 0.25) is 5.02 Å². The molecule has 0 saturated carbocycles. The first-order valence-corrected chi connectivity index (χ1v) is 11.0. The summed E-state index contributed by atoms with van der Waals surface area (Å²) in [6, 6.07) is 15.4. The van der Waals surface area contributed by atoms with E-state index in [2.05, 4.69) is 10.3 Å². The van der Waals surface area contributed by atoms with Gasteiger partial charge < -0.3 is 15.1 Å². The highest BCUT2D eigenvalue weighted by Crippen LogP contribution is 2.24. The van der Waals surface area contributed by atoms with Crippen molar-refractivity contribution >= 4 is 35.0 Å². The van der Waals surface area contributed by atoms with Crippen LogP contribution in [0.25, 0.3) is 0 Å². The molecule has 0 radical (unpaired) electrons. The highest BCUT2D eigenvalue weighted by atomic mass is 35.5. The third-order valence-corrected chi connectivity index (χ3v) is 5.85. The molecule has 1 aliphatic rings. The monoisotopic (exact) mass is 462 g/mol. The van der Waals surface area contributed by atoms with Crippen molar-refractivity contribution in [2.75, 3.05) is 31.5 Å². The Labute approximate surface area is 197 Å². The molecule has 0 spiro atoms. The second-order valence-electron chi connectivity index (χ2n) is 7.78. The number of hydrogen-bond donors (Lipinski definition) is 1. The van der Waals surface area contributed by atoms with Gasteiger partial charge in [0.25, 0.3) is 17.7 Å². The summed E-state index contributed by atoms with van der Waals surface area (Å²) in [6.45, 7) is 3.48. The maximum atomic E-state index is 13.3. The fourth-order valence-electron chi connectivity index (χ4n) is 3.79. The van der Waals surface area contributed by atoms with E-state index in [0.29, 0.717) is 53.6 Å². The third-order valence-electron chi connectivity index (χ3n) is 5.61. The predicted octanol–water partition coefficient (Wildman–Crippen LogP) is 3.89. The molecule has 1 aliphatic heterocycles. The molecule has 168 valence electrons. The SMILES string of the molecule is Cc1cccc(C(=O)N2CCN(C(=O)c3cccc(Cl)c3)CC2)c1NC(=O)c1ccncc1. The molecule has 1 aromatic heterocycles. The Morgan fingerprint density at radius 1 is 0.848 bits per heavy atom. The summed E-state index contributed by atoms with van der Waals surface area (Å²) in [7, 11) is 0. The van der Waals surface area contributed by atoms with Crippen LogP contribution in [-0.2, 0) is 0 Å². The number of carbonyl (C=O) groups is 3. The highest BCUT2D eigenvalue weighted by Gasteiger charge is 2.27. The van der Waals surface area contributed by atoms with Crippen molar-refractivity contribution in [3.05, 3.63) is 94.3 Å². The van der Waals surface area contributed by atoms with E-state index in [0.717, 1.165) is 5.56 Å². The minimum atomic E-state index is -0.308. The number of halogens is 1. The number of benzene rings is 2. The summed E-state index contributed by atoms with van der Waals surface area (Å²) < 4.78 is 0. The van der Waals surface area contributed by atoms with Crippen molar-refractivity contribution in [2.24, 2.45) is 0 Å². The zero-order valence-corrected chi connectivity index (χ0v) is 18.9. The number of carbonyl (C=O) groups excluding carboxylic acids is 3. The number of hydrogen-bond acceptors (Lipinski definition) is 4. The second-order valence-corrected chi connectivity index (χ2v) is 8.22. The Kier molecular flexibility index (Phi) is 6.70. The highest BCUT2D eigenvalue weighted by molar-refractivity contribution is 6.31. The molecular formula is C25H23ClN4O3. The fourth-order valence-corrected chi connectivity index (χ4v) is 3.98. The Balaban J connectivity index is 1.46. The Bertz CT molecular complexity index is 1190. The van der Waals surface area contributed by atoms with Crippen LogP contribution in [0.3, 0.4) is 0 Å². The molecule has 0 unspecified atom stereocenters. The van der Waals surface area contributed by atoms with E-state index < -0.39 is 0 Å². The summed E-state index contributed by atoms with van der Waals surface area (Å²) in [5, 5.41) is 3.39. The first kappa shape index (κ1) is 22.5. The lowest BCUT2D eigenvalue weighted by molar-refractivity contribution is 0.0536. The molecule has 0 atom stereocenters. The van der Waals surface area contributed by atoms with Crippen LogP contribution < -0.4 is 5.32 Å². The van der Waals surface area contributed by atoms with E-state index in [9.17, 15) is 14.4 Å². The van der Waals surface area contributed by atoms with Crippen molar-refractivity contribution in [2.45, 2.75) is 6.92 Å². The topological polar surface area (TPSA) is 82.6 Å². The average Bonchev–Trinajstić information content (AvgIpc) is 2.85. The standard InChI is InChI=1S/C25H23ClN4O3/c1-17-4-2-7-21(22(17)28-23(31)18-8-10-27-11-9-18)25(33)30-14-12-29(13-15-30)24(32)19-5-3-6-20(26)16-19/h2-11,16H,12-15H2,1H3,(H,28,31). The number of rotatable bonds is 4. The number of aryl methyl sites for hydroxylation is 1. The smallest absolute Gasteiger partial charge is 0.256 e. The van der Waals surface area contributed by atoms with E-state index in [-0.39, 0.29) is 17.7 Å². The van der Waals surface area contributed by atoms with Gasteiger partial charge in [-0.05, 0) is 48.9 Å². The predicted molar refractivity (Wildman–Crippen MR) is 127 cm³/mol. The van der Waals surface area contributed by atoms with Crippen molar-refractivity contribution in [1.29, 1.82) is 0 Å². The van der Waals surface area contributed by atoms with E-state index in [4.69, 9.17) is 11.6 Å². The number of pyridine rings is 1. The lowest BCUT2D eigenvalue weighted by atomic mass is 10.1. The number of nitrogens with zero attached hydrogens (tertiary/aromatic N) is 3. The minimum Gasteiger partial charge on any atom is -0.335 e. The normalized spacial score (nSPS) is 13.5. The Morgan fingerprint density at radius 3 is 2.15 bits per heavy atom. The molecule has 2 heterocycles. The fraction of sp³-hybridized carbons (Fsp3) is 0.200. The Morgan fingerprint density at radius 2 is 1.48 bits per heavy atom. The van der Waals surface area contributed by atoms with Gasteiger partial charge in [-0.25, -0.2) is 0 Å². The molecule has 1 saturated heterocycles. The molecule has 2 aromatic carbocycles. The van der Waals surface area contributed by atoms with Crippen LogP contribution in [0.1, 0.15) is 36.6 Å². The zero-order valence-electron chi connectivity index (χ0n) is 18.1. The first-order chi connectivity index (χ1) is 15.9. The van der Waals surface area contributed by atoms with Gasteiger partial charge in [-0.2, -0.15) is 0 Å². The van der Waals surface area contributed by atoms with Crippen LogP contribution in [0.5, 0.6) is 0 Å². The van der Waals surface area contributed by atoms with Crippen LogP contribution in [0.4, 0.5) is 5.69 Å². The van der Waals surface area contributed by atoms with Crippen molar-refractivity contribution in [3.63, 3.8) is 0 Å². The number of amides is 3. The van der Waals surface area contributed by atoms with Gasteiger partial charge in [0.2, 0.25) is 0 Å². The van der Waals surface area contributed by atoms with Gasteiger partial charge in [-0.3, -0.25) is 19.4 Å². The molecule has 0 bridgehead atoms. The van der Waals surface area contributed by atoms with Gasteiger partial charge in [0.1, 0.15) is 0 Å². The number of piperazine rings is 1. The minimum absolute atomic E-state index is 0.106. The number of aromatic nitrogens is 1.